The van der Waals surface area contributed by atoms with Gasteiger partial charge in [-0.2, -0.15) is 0 Å². The van der Waals surface area contributed by atoms with Crippen LogP contribution in [0.2, 0.25) is 0 Å². The van der Waals surface area contributed by atoms with Gasteiger partial charge in [0.1, 0.15) is 5.75 Å². The third kappa shape index (κ3) is 5.23. The van der Waals surface area contributed by atoms with Crippen LogP contribution in [0.5, 0.6) is 5.75 Å². The quantitative estimate of drug-likeness (QED) is 0.647. The van der Waals surface area contributed by atoms with Gasteiger partial charge in [-0.3, -0.25) is 4.79 Å². The van der Waals surface area contributed by atoms with Gasteiger partial charge in [0.25, 0.3) is 0 Å². The lowest BCUT2D eigenvalue weighted by Crippen LogP contribution is -2.35. The number of carbonyl (C=O) groups excluding carboxylic acids is 2. The summed E-state index contributed by atoms with van der Waals surface area (Å²) in [6.45, 7) is 3.85. The Bertz CT molecular complexity index is 943. The minimum absolute atomic E-state index is 0.201. The van der Waals surface area contributed by atoms with Crippen molar-refractivity contribution in [3.05, 3.63) is 53.6 Å². The number of amides is 3. The van der Waals surface area contributed by atoms with Crippen molar-refractivity contribution in [3.63, 3.8) is 0 Å². The zero-order valence-corrected chi connectivity index (χ0v) is 19.0. The van der Waals surface area contributed by atoms with Crippen LogP contribution in [0.3, 0.4) is 0 Å². The van der Waals surface area contributed by atoms with Gasteiger partial charge in [0, 0.05) is 24.7 Å². The van der Waals surface area contributed by atoms with Gasteiger partial charge in [-0.15, -0.1) is 0 Å². The van der Waals surface area contributed by atoms with Crippen LogP contribution < -0.4 is 15.4 Å². The Morgan fingerprint density at radius 1 is 0.938 bits per heavy atom. The smallest absolute Gasteiger partial charge is 0.323 e. The van der Waals surface area contributed by atoms with Crippen LogP contribution in [0, 0.1) is 12.8 Å². The van der Waals surface area contributed by atoms with E-state index in [2.05, 4.69) is 27.7 Å². The summed E-state index contributed by atoms with van der Waals surface area (Å²) in [5.74, 6) is 1.68. The average molecular weight is 436 g/mol. The molecular weight excluding hydrogens is 402 g/mol. The average Bonchev–Trinajstić information content (AvgIpc) is 3.34. The second kappa shape index (κ2) is 10.1. The van der Waals surface area contributed by atoms with E-state index in [1.54, 1.807) is 7.11 Å². The van der Waals surface area contributed by atoms with Gasteiger partial charge in [-0.05, 0) is 86.8 Å². The molecule has 0 unspecified atom stereocenters. The lowest BCUT2D eigenvalue weighted by molar-refractivity contribution is -0.135. The number of benzene rings is 2. The number of aryl methyl sites for hydroxylation is 1. The molecule has 1 saturated heterocycles. The van der Waals surface area contributed by atoms with Gasteiger partial charge in [-0.1, -0.05) is 18.2 Å². The molecule has 2 aliphatic rings. The molecular formula is C26H33N3O3. The maximum absolute atomic E-state index is 12.7. The minimum atomic E-state index is -0.303. The maximum Gasteiger partial charge on any atom is 0.323 e. The highest BCUT2D eigenvalue weighted by Gasteiger charge is 2.31. The molecule has 0 atom stereocenters. The summed E-state index contributed by atoms with van der Waals surface area (Å²) >= 11 is 0. The zero-order valence-electron chi connectivity index (χ0n) is 19.0. The van der Waals surface area contributed by atoms with Gasteiger partial charge < -0.3 is 20.3 Å². The van der Waals surface area contributed by atoms with E-state index in [-0.39, 0.29) is 11.9 Å². The number of nitrogens with zero attached hydrogens (tertiary/aromatic N) is 1. The monoisotopic (exact) mass is 435 g/mol. The van der Waals surface area contributed by atoms with E-state index >= 15 is 0 Å². The molecule has 0 radical (unpaired) electrons. The van der Waals surface area contributed by atoms with Crippen molar-refractivity contribution in [2.24, 2.45) is 5.92 Å². The molecule has 4 rings (SSSR count). The molecule has 0 bridgehead atoms. The zero-order chi connectivity index (χ0) is 22.5. The van der Waals surface area contributed by atoms with E-state index < -0.39 is 0 Å². The number of methoxy groups -OCH3 is 1. The van der Waals surface area contributed by atoms with Crippen molar-refractivity contribution < 1.29 is 14.3 Å². The van der Waals surface area contributed by atoms with Gasteiger partial charge in [0.05, 0.1) is 12.8 Å². The first kappa shape index (κ1) is 22.2. The summed E-state index contributed by atoms with van der Waals surface area (Å²) in [5, 5.41) is 5.75. The molecule has 3 amide bonds. The summed E-state index contributed by atoms with van der Waals surface area (Å²) in [6, 6.07) is 13.4. The summed E-state index contributed by atoms with van der Waals surface area (Å²) in [5.41, 5.74) is 3.71. The molecule has 1 heterocycles. The number of carbonyl (C=O) groups is 2. The Morgan fingerprint density at radius 2 is 1.62 bits per heavy atom. The molecule has 1 aliphatic carbocycles. The lowest BCUT2D eigenvalue weighted by Gasteiger charge is -2.30. The van der Waals surface area contributed by atoms with Crippen LogP contribution >= 0.6 is 0 Å². The molecule has 2 aromatic carbocycles. The standard InChI is InChI=1S/C26H33N3O3/c1-18-5-14-24(32-2)23(17-18)28-26(31)27-22-12-10-20(11-13-22)19-6-8-21(9-7-19)25(30)29-15-3-4-16-29/h5,10-14,17,19,21H,3-4,6-9,15-16H2,1-2H3,(H2,27,28,31). The molecule has 2 N–H and O–H groups in total. The van der Waals surface area contributed by atoms with E-state index in [1.165, 1.54) is 5.56 Å². The van der Waals surface area contributed by atoms with Crippen LogP contribution in [0.4, 0.5) is 16.2 Å². The van der Waals surface area contributed by atoms with Crippen molar-refractivity contribution >= 4 is 23.3 Å². The van der Waals surface area contributed by atoms with E-state index in [0.717, 1.165) is 62.9 Å². The highest BCUT2D eigenvalue weighted by atomic mass is 16.5. The highest BCUT2D eigenvalue weighted by molar-refractivity contribution is 6.00. The topological polar surface area (TPSA) is 70.7 Å². The SMILES string of the molecule is COc1ccc(C)cc1NC(=O)Nc1ccc(C2CCC(C(=O)N3CCCC3)CC2)cc1. The Hall–Kier alpha value is -3.02. The predicted molar refractivity (Wildman–Crippen MR) is 127 cm³/mol. The minimum Gasteiger partial charge on any atom is -0.495 e. The van der Waals surface area contributed by atoms with Gasteiger partial charge >= 0.3 is 6.03 Å². The number of urea groups is 1. The fraction of sp³-hybridized carbons (Fsp3) is 0.462. The second-order valence-corrected chi connectivity index (χ2v) is 8.99. The van der Waals surface area contributed by atoms with Crippen LogP contribution in [0.25, 0.3) is 0 Å². The van der Waals surface area contributed by atoms with Crippen molar-refractivity contribution in [1.29, 1.82) is 0 Å². The van der Waals surface area contributed by atoms with Crippen LogP contribution in [-0.4, -0.2) is 37.0 Å². The molecule has 1 saturated carbocycles. The Balaban J connectivity index is 1.29. The molecule has 0 aromatic heterocycles. The molecule has 0 spiro atoms. The number of nitrogens with one attached hydrogen (secondary N) is 2. The Labute approximate surface area is 190 Å². The fourth-order valence-corrected chi connectivity index (χ4v) is 4.91. The summed E-state index contributed by atoms with van der Waals surface area (Å²) < 4.78 is 5.32. The second-order valence-electron chi connectivity index (χ2n) is 8.99. The summed E-state index contributed by atoms with van der Waals surface area (Å²) in [4.78, 5) is 27.2. The van der Waals surface area contributed by atoms with Crippen LogP contribution in [0.1, 0.15) is 55.6 Å². The first-order valence-electron chi connectivity index (χ1n) is 11.6. The summed E-state index contributed by atoms with van der Waals surface area (Å²) in [7, 11) is 1.59. The first-order valence-corrected chi connectivity index (χ1v) is 11.6. The predicted octanol–water partition coefficient (Wildman–Crippen LogP) is 5.54. The van der Waals surface area contributed by atoms with Gasteiger partial charge in [0.15, 0.2) is 0 Å². The van der Waals surface area contributed by atoms with E-state index in [9.17, 15) is 9.59 Å². The molecule has 32 heavy (non-hydrogen) atoms. The van der Waals surface area contributed by atoms with Crippen molar-refractivity contribution in [3.8, 4) is 5.75 Å². The van der Waals surface area contributed by atoms with E-state index in [1.807, 2.05) is 37.3 Å². The largest absolute Gasteiger partial charge is 0.495 e. The number of rotatable bonds is 5. The molecule has 6 heteroatoms. The highest BCUT2D eigenvalue weighted by Crippen LogP contribution is 2.37. The van der Waals surface area contributed by atoms with Gasteiger partial charge in [-0.25, -0.2) is 4.79 Å². The molecule has 1 aliphatic heterocycles. The third-order valence-electron chi connectivity index (χ3n) is 6.74. The number of hydrogen-bond acceptors (Lipinski definition) is 3. The van der Waals surface area contributed by atoms with Gasteiger partial charge in [0.2, 0.25) is 5.91 Å². The van der Waals surface area contributed by atoms with Crippen molar-refractivity contribution in [2.75, 3.05) is 30.8 Å². The third-order valence-corrected chi connectivity index (χ3v) is 6.74. The van der Waals surface area contributed by atoms with Crippen LogP contribution in [0.15, 0.2) is 42.5 Å². The molecule has 2 aromatic rings. The number of ether oxygens (including phenoxy) is 1. The van der Waals surface area contributed by atoms with Crippen molar-refractivity contribution in [2.45, 2.75) is 51.4 Å². The fourth-order valence-electron chi connectivity index (χ4n) is 4.91. The molecule has 2 fully saturated rings. The maximum atomic E-state index is 12.7. The van der Waals surface area contributed by atoms with E-state index in [0.29, 0.717) is 23.3 Å². The Morgan fingerprint density at radius 3 is 2.28 bits per heavy atom. The van der Waals surface area contributed by atoms with Crippen LogP contribution in [-0.2, 0) is 4.79 Å². The first-order chi connectivity index (χ1) is 15.5. The summed E-state index contributed by atoms with van der Waals surface area (Å²) in [6.07, 6.45) is 6.34. The number of anilines is 2. The van der Waals surface area contributed by atoms with E-state index in [4.69, 9.17) is 4.74 Å². The van der Waals surface area contributed by atoms with Crippen molar-refractivity contribution in [1.82, 2.24) is 4.90 Å². The number of hydrogen-bond donors (Lipinski definition) is 2. The lowest BCUT2D eigenvalue weighted by atomic mass is 9.78. The molecule has 170 valence electrons. The number of likely N-dealkylation sites (tertiary alicyclic amines) is 1. The Kier molecular flexibility index (Phi) is 6.98. The molecule has 6 nitrogen and oxygen atoms in total. The normalized spacial score (nSPS) is 20.6.